The van der Waals surface area contributed by atoms with Crippen LogP contribution >= 0.6 is 11.8 Å². The van der Waals surface area contributed by atoms with Gasteiger partial charge in [-0.25, -0.2) is 17.9 Å². The number of aliphatic hydroxyl groups excluding tert-OH is 1. The monoisotopic (exact) mass is 756 g/mol. The van der Waals surface area contributed by atoms with Crippen molar-refractivity contribution in [3.63, 3.8) is 0 Å². The molecule has 0 saturated carbocycles. The van der Waals surface area contributed by atoms with Gasteiger partial charge in [0.15, 0.2) is 12.6 Å². The van der Waals surface area contributed by atoms with Crippen LogP contribution in [0.4, 0.5) is 11.4 Å². The summed E-state index contributed by atoms with van der Waals surface area (Å²) in [6.45, 7) is 5.15. The number of anilines is 2. The fourth-order valence-electron chi connectivity index (χ4n) is 6.18. The molecular weight excluding hydrogens is 709 g/mol. The van der Waals surface area contributed by atoms with Crippen LogP contribution in [-0.2, 0) is 24.4 Å². The number of rotatable bonds is 17. The molecule has 15 heteroatoms. The summed E-state index contributed by atoms with van der Waals surface area (Å²) in [7, 11) is -4.09. The highest BCUT2D eigenvalue weighted by atomic mass is 32.2. The number of hydrogen-bond acceptors (Lipinski definition) is 10. The van der Waals surface area contributed by atoms with Crippen LogP contribution in [0.2, 0.25) is 0 Å². The van der Waals surface area contributed by atoms with E-state index < -0.39 is 58.1 Å². The minimum atomic E-state index is -4.09. The molecule has 4 rings (SSSR count). The lowest BCUT2D eigenvalue weighted by atomic mass is 9.87. The van der Waals surface area contributed by atoms with Crippen molar-refractivity contribution in [2.75, 3.05) is 24.3 Å². The largest absolute Gasteiger partial charge is 0.508 e. The Hall–Kier alpha value is -4.31. The van der Waals surface area contributed by atoms with E-state index in [0.717, 1.165) is 31.4 Å². The third-order valence-electron chi connectivity index (χ3n) is 8.92. The Morgan fingerprint density at radius 1 is 1.00 bits per heavy atom. The number of aliphatic carboxylic acids is 1. The Morgan fingerprint density at radius 2 is 1.63 bits per heavy atom. The third-order valence-corrected chi connectivity index (χ3v) is 11.3. The Bertz CT molecular complexity index is 1800. The minimum Gasteiger partial charge on any atom is -0.508 e. The molecule has 0 aromatic heterocycles. The highest BCUT2D eigenvalue weighted by Crippen LogP contribution is 2.44. The number of aliphatic hydroxyl groups is 1. The van der Waals surface area contributed by atoms with Crippen molar-refractivity contribution in [2.24, 2.45) is 0 Å². The Morgan fingerprint density at radius 3 is 2.19 bits per heavy atom. The second-order valence-electron chi connectivity index (χ2n) is 12.9. The van der Waals surface area contributed by atoms with E-state index in [0.29, 0.717) is 30.0 Å². The first-order chi connectivity index (χ1) is 24.7. The van der Waals surface area contributed by atoms with Gasteiger partial charge >= 0.3 is 5.97 Å². The number of carbonyl (C=O) groups excluding carboxylic acids is 2. The van der Waals surface area contributed by atoms with Crippen LogP contribution in [-0.4, -0.2) is 78.6 Å². The summed E-state index contributed by atoms with van der Waals surface area (Å²) in [6, 6.07) is 15.1. The average Bonchev–Trinajstić information content (AvgIpc) is 3.21. The highest BCUT2D eigenvalue weighted by Gasteiger charge is 2.42. The molecule has 3 aromatic rings. The van der Waals surface area contributed by atoms with Gasteiger partial charge in [0.05, 0.1) is 22.2 Å². The molecular formula is C37H48N4O9S2. The number of thioether (sulfide) groups is 1. The number of carboxylic acid groups (broad SMARTS) is 1. The fraction of sp³-hybridized carbons (Fsp3) is 0.432. The number of carbonyl (C=O) groups is 3. The molecule has 0 unspecified atom stereocenters. The van der Waals surface area contributed by atoms with Gasteiger partial charge in [-0.15, -0.1) is 11.8 Å². The van der Waals surface area contributed by atoms with Gasteiger partial charge in [-0.3, -0.25) is 9.59 Å². The Labute approximate surface area is 309 Å². The van der Waals surface area contributed by atoms with E-state index in [4.69, 9.17) is 4.74 Å². The molecule has 2 amide bonds. The van der Waals surface area contributed by atoms with Crippen molar-refractivity contribution < 1.29 is 42.9 Å². The molecule has 13 nitrogen and oxygen atoms in total. The van der Waals surface area contributed by atoms with Crippen LogP contribution in [0.5, 0.6) is 11.5 Å². The van der Waals surface area contributed by atoms with Crippen molar-refractivity contribution in [3.8, 4) is 11.5 Å². The first-order valence-electron chi connectivity index (χ1n) is 17.2. The van der Waals surface area contributed by atoms with Crippen LogP contribution < -0.4 is 25.0 Å². The molecule has 1 heterocycles. The molecule has 52 heavy (non-hydrogen) atoms. The van der Waals surface area contributed by atoms with Crippen molar-refractivity contribution in [1.82, 2.24) is 15.4 Å². The molecule has 3 atom stereocenters. The topological polar surface area (TPSA) is 195 Å². The summed E-state index contributed by atoms with van der Waals surface area (Å²) < 4.78 is 37.6. The number of benzene rings is 3. The van der Waals surface area contributed by atoms with Gasteiger partial charge in [0.25, 0.3) is 5.91 Å². The maximum Gasteiger partial charge on any atom is 0.328 e. The van der Waals surface area contributed by atoms with Gasteiger partial charge in [-0.05, 0) is 61.9 Å². The van der Waals surface area contributed by atoms with Crippen LogP contribution in [0.15, 0.2) is 76.5 Å². The molecule has 0 saturated heterocycles. The number of sulfonamides is 1. The van der Waals surface area contributed by atoms with E-state index in [9.17, 15) is 38.1 Å². The van der Waals surface area contributed by atoms with Gasteiger partial charge in [0, 0.05) is 18.3 Å². The number of fused-ring (bicyclic) bond motifs is 1. The fourth-order valence-corrected chi connectivity index (χ4v) is 8.39. The molecule has 0 bridgehead atoms. The van der Waals surface area contributed by atoms with Gasteiger partial charge in [-0.1, -0.05) is 69.9 Å². The van der Waals surface area contributed by atoms with Crippen LogP contribution in [0.3, 0.4) is 0 Å². The number of amides is 2. The van der Waals surface area contributed by atoms with E-state index in [1.807, 2.05) is 41.5 Å². The van der Waals surface area contributed by atoms with E-state index in [-0.39, 0.29) is 22.0 Å². The molecule has 282 valence electrons. The van der Waals surface area contributed by atoms with E-state index >= 15 is 0 Å². The number of aromatic hydroxyl groups is 1. The van der Waals surface area contributed by atoms with Crippen molar-refractivity contribution in [1.29, 1.82) is 0 Å². The minimum absolute atomic E-state index is 0.00128. The van der Waals surface area contributed by atoms with Crippen molar-refractivity contribution >= 4 is 50.9 Å². The number of ether oxygens (including phenoxy) is 1. The first kappa shape index (κ1) is 40.5. The maximum absolute atomic E-state index is 14.3. The number of nitrogens with one attached hydrogen (secondary N) is 3. The summed E-state index contributed by atoms with van der Waals surface area (Å²) in [4.78, 5) is 40.9. The van der Waals surface area contributed by atoms with Gasteiger partial charge in [-0.2, -0.15) is 0 Å². The second kappa shape index (κ2) is 17.9. The molecule has 6 N–H and O–H groups in total. The van der Waals surface area contributed by atoms with Crippen LogP contribution in [0.1, 0.15) is 70.9 Å². The molecule has 0 fully saturated rings. The van der Waals surface area contributed by atoms with E-state index in [1.54, 1.807) is 6.07 Å². The van der Waals surface area contributed by atoms with E-state index in [2.05, 4.69) is 29.2 Å². The number of para-hydroxylation sites is 1. The molecule has 3 aromatic carbocycles. The lowest BCUT2D eigenvalue weighted by Crippen LogP contribution is -2.53. The molecule has 0 spiro atoms. The van der Waals surface area contributed by atoms with Crippen molar-refractivity contribution in [3.05, 3.63) is 72.3 Å². The highest BCUT2D eigenvalue weighted by molar-refractivity contribution is 7.98. The van der Waals surface area contributed by atoms with Crippen LogP contribution in [0, 0.1) is 0 Å². The number of carboxylic acids is 1. The molecule has 1 aliphatic rings. The number of phenolic OH excluding ortho intramolecular Hbond substituents is 1. The summed E-state index contributed by atoms with van der Waals surface area (Å²) in [5, 5.41) is 33.9. The van der Waals surface area contributed by atoms with Gasteiger partial charge in [0.1, 0.15) is 22.4 Å². The predicted octanol–water partition coefficient (Wildman–Crippen LogP) is 4.85. The Balaban J connectivity index is 1.69. The molecule has 1 aliphatic heterocycles. The van der Waals surface area contributed by atoms with Gasteiger partial charge in [0.2, 0.25) is 15.9 Å². The molecule has 0 radical (unpaired) electrons. The summed E-state index contributed by atoms with van der Waals surface area (Å²) in [5.74, 6) is -3.13. The lowest BCUT2D eigenvalue weighted by molar-refractivity contribution is -0.145. The maximum atomic E-state index is 14.3. The normalized spacial score (nSPS) is 16.4. The number of unbranched alkanes of at least 4 members (excludes halogenated alkanes) is 2. The predicted molar refractivity (Wildman–Crippen MR) is 200 cm³/mol. The smallest absolute Gasteiger partial charge is 0.328 e. The standard InChI is InChI=1S/C37H48N4O9S2/c1-5-7-18-37(19-8-6-2)23-41(26-12-10-9-11-13-26)28-20-30(51-4)29(21-31(28)52(48,49)40-37)50-22-32(44)38-34(25-14-16-27(43)17-15-25)35(45)39-33(24(3)42)36(46)47/h9-17,20-21,24,33-34,40,42-43H,5-8,18-19,22-23H2,1-4H3,(H,38,44)(H,39,45)(H,46,47)/t24-,33-,34+/m1/s1. The summed E-state index contributed by atoms with van der Waals surface area (Å²) >= 11 is 1.32. The van der Waals surface area contributed by atoms with Crippen LogP contribution in [0.25, 0.3) is 0 Å². The van der Waals surface area contributed by atoms with Gasteiger partial charge < -0.3 is 35.6 Å². The zero-order valence-electron chi connectivity index (χ0n) is 29.8. The Kier molecular flexibility index (Phi) is 14.0. The SMILES string of the molecule is CCCCC1(CCCC)CN(c2ccccc2)c2cc(SC)c(OCC(=O)N[C@H](C(=O)N[C@@H](C(=O)O)[C@@H](C)O)c3ccc(O)cc3)cc2S(=O)(=O)N1. The summed E-state index contributed by atoms with van der Waals surface area (Å²) in [6.07, 6.45) is 5.16. The van der Waals surface area contributed by atoms with Crippen molar-refractivity contribution in [2.45, 2.75) is 92.8 Å². The number of nitrogens with zero attached hydrogens (tertiary/aromatic N) is 1. The zero-order valence-corrected chi connectivity index (χ0v) is 31.4. The van der Waals surface area contributed by atoms with E-state index in [1.165, 1.54) is 49.0 Å². The first-order valence-corrected chi connectivity index (χ1v) is 20.0. The third kappa shape index (κ3) is 9.97. The lowest BCUT2D eigenvalue weighted by Gasteiger charge is -2.37. The quantitative estimate of drug-likeness (QED) is 0.103. The zero-order chi connectivity index (χ0) is 38.1. The number of phenols is 1. The summed E-state index contributed by atoms with van der Waals surface area (Å²) in [5.41, 5.74) is 0.794. The molecule has 0 aliphatic carbocycles. The second-order valence-corrected chi connectivity index (χ2v) is 15.4. The average molecular weight is 757 g/mol. The number of hydrogen-bond donors (Lipinski definition) is 6.